The first kappa shape index (κ1) is 83.2. The summed E-state index contributed by atoms with van der Waals surface area (Å²) in [6, 6.07) is 0. The van der Waals surface area contributed by atoms with Crippen LogP contribution < -0.4 is 4.89 Å². The van der Waals surface area contributed by atoms with Crippen molar-refractivity contribution in [3.8, 4) is 0 Å². The number of allylic oxidation sites excluding steroid dienone is 14. The molecule has 10 heteroatoms. The van der Waals surface area contributed by atoms with Crippen LogP contribution in [0.15, 0.2) is 85.1 Å². The van der Waals surface area contributed by atoms with Gasteiger partial charge >= 0.3 is 11.9 Å². The second-order valence-electron chi connectivity index (χ2n) is 25.6. The van der Waals surface area contributed by atoms with E-state index in [0.29, 0.717) is 17.4 Å². The van der Waals surface area contributed by atoms with Crippen LogP contribution in [0.2, 0.25) is 0 Å². The number of hydrogen-bond donors (Lipinski definition) is 0. The van der Waals surface area contributed by atoms with Crippen LogP contribution in [0.1, 0.15) is 335 Å². The van der Waals surface area contributed by atoms with Gasteiger partial charge in [-0.25, -0.2) is 0 Å². The molecule has 500 valence electrons. The molecule has 0 aromatic heterocycles. The number of phosphoric acid groups is 1. The van der Waals surface area contributed by atoms with Crippen LogP contribution in [0.3, 0.4) is 0 Å². The molecule has 86 heavy (non-hydrogen) atoms. The topological polar surface area (TPSA) is 111 Å². The Morgan fingerprint density at radius 3 is 1.02 bits per heavy atom. The number of ether oxygens (including phenoxy) is 2. The van der Waals surface area contributed by atoms with Crippen LogP contribution in [0.25, 0.3) is 0 Å². The highest BCUT2D eigenvalue weighted by Crippen LogP contribution is 2.38. The van der Waals surface area contributed by atoms with Crippen molar-refractivity contribution in [1.29, 1.82) is 0 Å². The highest BCUT2D eigenvalue weighted by atomic mass is 31.2. The first-order valence-corrected chi connectivity index (χ1v) is 37.8. The van der Waals surface area contributed by atoms with E-state index in [4.69, 9.17) is 18.5 Å². The molecule has 2 atom stereocenters. The highest BCUT2D eigenvalue weighted by Gasteiger charge is 2.22. The molecule has 0 aliphatic carbocycles. The van der Waals surface area contributed by atoms with Gasteiger partial charge in [0, 0.05) is 12.8 Å². The minimum absolute atomic E-state index is 0.0420. The van der Waals surface area contributed by atoms with E-state index in [1.807, 2.05) is 21.1 Å². The largest absolute Gasteiger partial charge is 0.756 e. The zero-order chi connectivity index (χ0) is 62.6. The lowest BCUT2D eigenvalue weighted by Crippen LogP contribution is -2.37. The SMILES string of the molecule is CC/C=C\C/C=C\C/C=C\C/C=C\C/C=C\C/C=C\CCCCC(=O)OC(COC(=O)CCCCCCCCCCCCCCCCCCCCCCCCCCCCCCC/C=C\CCCCCCCCCC)COP(=O)([O-])OCC[N+](C)(C)C. The van der Waals surface area contributed by atoms with Crippen LogP contribution >= 0.6 is 7.82 Å². The molecular formula is C76H138NO8P. The van der Waals surface area contributed by atoms with Crippen LogP contribution in [0.4, 0.5) is 0 Å². The van der Waals surface area contributed by atoms with Gasteiger partial charge in [0.2, 0.25) is 0 Å². The van der Waals surface area contributed by atoms with Gasteiger partial charge in [-0.3, -0.25) is 14.2 Å². The first-order valence-electron chi connectivity index (χ1n) is 36.3. The molecule has 0 rings (SSSR count). The van der Waals surface area contributed by atoms with Crippen LogP contribution in [0.5, 0.6) is 0 Å². The average Bonchev–Trinajstić information content (AvgIpc) is 3.67. The van der Waals surface area contributed by atoms with E-state index in [1.54, 1.807) is 0 Å². The molecule has 0 aromatic rings. The number of quaternary nitrogens is 1. The fourth-order valence-electron chi connectivity index (χ4n) is 10.4. The average molecular weight is 1220 g/mol. The molecule has 0 N–H and O–H groups in total. The van der Waals surface area contributed by atoms with Crippen molar-refractivity contribution < 1.29 is 42.1 Å². The van der Waals surface area contributed by atoms with Gasteiger partial charge < -0.3 is 27.9 Å². The summed E-state index contributed by atoms with van der Waals surface area (Å²) in [6.45, 7) is 4.10. The third kappa shape index (κ3) is 70.3. The van der Waals surface area contributed by atoms with Crippen molar-refractivity contribution >= 4 is 19.8 Å². The van der Waals surface area contributed by atoms with Gasteiger partial charge in [0.1, 0.15) is 19.8 Å². The summed E-state index contributed by atoms with van der Waals surface area (Å²) in [5, 5.41) is 0. The zero-order valence-corrected chi connectivity index (χ0v) is 57.9. The second kappa shape index (κ2) is 66.6. The van der Waals surface area contributed by atoms with Gasteiger partial charge in [-0.15, -0.1) is 0 Å². The Balaban J connectivity index is 3.93. The summed E-state index contributed by atoms with van der Waals surface area (Å²) in [4.78, 5) is 38.0. The minimum Gasteiger partial charge on any atom is -0.756 e. The molecule has 0 aliphatic rings. The Morgan fingerprint density at radius 2 is 0.663 bits per heavy atom. The maximum Gasteiger partial charge on any atom is 0.306 e. The molecule has 0 radical (unpaired) electrons. The van der Waals surface area contributed by atoms with Crippen molar-refractivity contribution in [3.05, 3.63) is 85.1 Å². The standard InChI is InChI=1S/C76H138NO8P/c1-6-8-10-12-14-16-18-20-22-24-26-28-29-30-31-32-33-34-35-36-37-38-39-40-41-42-43-44-45-46-47-49-50-52-54-56-58-60-62-64-66-68-75(78)82-72-74(73-84-86(80,81)83-71-70-77(3,4)5)85-76(79)69-67-65-63-61-59-57-55-53-51-48-27-25-23-21-19-17-15-13-11-9-7-2/h9,11,15,17,21,23-24,26-27,48,53,55,59,61,74H,6-8,10,12-14,16,18-20,22,25,28-47,49-52,54,56-58,60,62-73H2,1-5H3/b11-9-,17-15-,23-21-,26-24-,48-27-,55-53-,61-59-. The van der Waals surface area contributed by atoms with E-state index >= 15 is 0 Å². The summed E-state index contributed by atoms with van der Waals surface area (Å²) in [7, 11) is 1.14. The van der Waals surface area contributed by atoms with E-state index in [2.05, 4.69) is 98.9 Å². The van der Waals surface area contributed by atoms with Crippen molar-refractivity contribution in [2.75, 3.05) is 47.5 Å². The number of phosphoric ester groups is 1. The molecule has 0 bridgehead atoms. The Kier molecular flexibility index (Phi) is 64.4. The fourth-order valence-corrected chi connectivity index (χ4v) is 11.1. The maximum absolute atomic E-state index is 12.8. The summed E-state index contributed by atoms with van der Waals surface area (Å²) in [6.07, 6.45) is 91.4. The minimum atomic E-state index is -4.66. The lowest BCUT2D eigenvalue weighted by Gasteiger charge is -2.28. The van der Waals surface area contributed by atoms with E-state index in [9.17, 15) is 19.0 Å². The quantitative estimate of drug-likeness (QED) is 0.0195. The van der Waals surface area contributed by atoms with Crippen LogP contribution in [0, 0.1) is 0 Å². The van der Waals surface area contributed by atoms with Crippen molar-refractivity contribution in [2.24, 2.45) is 0 Å². The van der Waals surface area contributed by atoms with Gasteiger partial charge in [0.15, 0.2) is 6.10 Å². The lowest BCUT2D eigenvalue weighted by molar-refractivity contribution is -0.870. The van der Waals surface area contributed by atoms with Gasteiger partial charge in [-0.05, 0) is 89.9 Å². The number of likely N-dealkylation sites (N-methyl/N-ethyl adjacent to an activating group) is 1. The van der Waals surface area contributed by atoms with E-state index < -0.39 is 32.5 Å². The highest BCUT2D eigenvalue weighted by molar-refractivity contribution is 7.45. The molecule has 0 amide bonds. The molecule has 0 fully saturated rings. The zero-order valence-electron chi connectivity index (χ0n) is 57.0. The molecule has 0 saturated heterocycles. The Morgan fingerprint density at radius 1 is 0.372 bits per heavy atom. The van der Waals surface area contributed by atoms with Gasteiger partial charge in [0.25, 0.3) is 7.82 Å². The van der Waals surface area contributed by atoms with E-state index in [0.717, 1.165) is 70.6 Å². The molecule has 0 aliphatic heterocycles. The number of esters is 2. The predicted molar refractivity (Wildman–Crippen MR) is 369 cm³/mol. The Bertz CT molecular complexity index is 1730. The third-order valence-corrected chi connectivity index (χ3v) is 16.9. The predicted octanol–water partition coefficient (Wildman–Crippen LogP) is 23.1. The van der Waals surface area contributed by atoms with Gasteiger partial charge in [-0.1, -0.05) is 317 Å². The summed E-state index contributed by atoms with van der Waals surface area (Å²) in [5.74, 6) is -0.877. The Hall–Kier alpha value is -2.81. The maximum atomic E-state index is 12.8. The molecule has 0 heterocycles. The fraction of sp³-hybridized carbons (Fsp3) is 0.789. The third-order valence-electron chi connectivity index (χ3n) is 15.9. The molecule has 0 saturated carbocycles. The molecule has 0 aromatic carbocycles. The van der Waals surface area contributed by atoms with Crippen LogP contribution in [-0.2, 0) is 32.7 Å². The number of rotatable bonds is 67. The summed E-state index contributed by atoms with van der Waals surface area (Å²) in [5.41, 5.74) is 0. The Labute approximate surface area is 532 Å². The first-order chi connectivity index (χ1) is 42.0. The van der Waals surface area contributed by atoms with Gasteiger partial charge in [0.05, 0.1) is 27.7 Å². The molecule has 0 spiro atoms. The molecule has 9 nitrogen and oxygen atoms in total. The summed E-state index contributed by atoms with van der Waals surface area (Å²) < 4.78 is 34.2. The van der Waals surface area contributed by atoms with E-state index in [-0.39, 0.29) is 26.1 Å². The van der Waals surface area contributed by atoms with Crippen LogP contribution in [-0.4, -0.2) is 70.0 Å². The number of carbonyl (C=O) groups is 2. The van der Waals surface area contributed by atoms with Crippen molar-refractivity contribution in [2.45, 2.75) is 341 Å². The van der Waals surface area contributed by atoms with Gasteiger partial charge in [-0.2, -0.15) is 0 Å². The molecule has 2 unspecified atom stereocenters. The van der Waals surface area contributed by atoms with Crippen molar-refractivity contribution in [3.63, 3.8) is 0 Å². The normalized spacial score (nSPS) is 13.6. The second-order valence-corrected chi connectivity index (χ2v) is 27.0. The molecular weight excluding hydrogens is 1090 g/mol. The smallest absolute Gasteiger partial charge is 0.306 e. The van der Waals surface area contributed by atoms with E-state index in [1.165, 1.54) is 231 Å². The number of carbonyl (C=O) groups excluding carboxylic acids is 2. The van der Waals surface area contributed by atoms with Crippen molar-refractivity contribution in [1.82, 2.24) is 0 Å². The number of hydrogen-bond acceptors (Lipinski definition) is 8. The summed E-state index contributed by atoms with van der Waals surface area (Å²) >= 11 is 0. The lowest BCUT2D eigenvalue weighted by atomic mass is 10.0. The number of unbranched alkanes of at least 4 members (excludes halogenated alkanes) is 39. The number of nitrogens with zero attached hydrogens (tertiary/aromatic N) is 1. The monoisotopic (exact) mass is 1220 g/mol.